The average molecular weight is 203 g/mol. The van der Waals surface area contributed by atoms with E-state index in [-0.39, 0.29) is 24.2 Å². The van der Waals surface area contributed by atoms with Gasteiger partial charge in [0, 0.05) is 19.2 Å². The number of carbonyl (C=O) groups excluding carboxylic acids is 1. The van der Waals surface area contributed by atoms with E-state index in [0.29, 0.717) is 5.82 Å². The van der Waals surface area contributed by atoms with E-state index < -0.39 is 0 Å². The molecule has 0 spiro atoms. The van der Waals surface area contributed by atoms with Crippen LogP contribution in [0.1, 0.15) is 0 Å². The predicted molar refractivity (Wildman–Crippen MR) is 50.8 cm³/mol. The van der Waals surface area contributed by atoms with Crippen molar-refractivity contribution in [3.05, 3.63) is 12.3 Å². The van der Waals surface area contributed by atoms with E-state index in [1.54, 1.807) is 12.3 Å². The molecule has 1 aromatic heterocycles. The van der Waals surface area contributed by atoms with E-state index >= 15 is 0 Å². The van der Waals surface area contributed by atoms with Crippen LogP contribution < -0.4 is 10.6 Å². The van der Waals surface area contributed by atoms with Crippen molar-refractivity contribution in [2.45, 2.75) is 0 Å². The molecular weight excluding hydrogens is 192 g/mol. The quantitative estimate of drug-likeness (QED) is 0.632. The van der Waals surface area contributed by atoms with Crippen molar-refractivity contribution in [3.8, 4) is 0 Å². The van der Waals surface area contributed by atoms with E-state index in [9.17, 15) is 4.79 Å². The standard InChI is InChI=1S/C7H10N4O.ClH/c12-7(5-3-8-4-5)10-6-1-2-9-11-6;/h1-2,5,8H,3-4H2,(H2,9,10,11,12);1H. The van der Waals surface area contributed by atoms with Gasteiger partial charge >= 0.3 is 0 Å². The van der Waals surface area contributed by atoms with Gasteiger partial charge in [-0.05, 0) is 0 Å². The minimum Gasteiger partial charge on any atom is -0.315 e. The molecule has 2 heterocycles. The van der Waals surface area contributed by atoms with Crippen LogP contribution >= 0.6 is 12.4 Å². The number of aromatic nitrogens is 2. The molecule has 1 amide bonds. The monoisotopic (exact) mass is 202 g/mol. The lowest BCUT2D eigenvalue weighted by Gasteiger charge is -2.25. The SMILES string of the molecule is Cl.O=C(Nc1ccn[nH]1)C1CNC1. The van der Waals surface area contributed by atoms with Crippen LogP contribution in [0.15, 0.2) is 12.3 Å². The Hall–Kier alpha value is -1.07. The molecule has 6 heteroatoms. The largest absolute Gasteiger partial charge is 0.315 e. The molecule has 0 atom stereocenters. The zero-order chi connectivity index (χ0) is 8.39. The van der Waals surface area contributed by atoms with Crippen molar-refractivity contribution in [1.29, 1.82) is 0 Å². The Bertz CT molecular complexity index is 270. The van der Waals surface area contributed by atoms with Gasteiger partial charge in [0.25, 0.3) is 0 Å². The van der Waals surface area contributed by atoms with Gasteiger partial charge in [-0.1, -0.05) is 0 Å². The first-order valence-corrected chi connectivity index (χ1v) is 3.87. The number of rotatable bonds is 2. The highest BCUT2D eigenvalue weighted by Crippen LogP contribution is 2.07. The topological polar surface area (TPSA) is 69.8 Å². The molecule has 0 unspecified atom stereocenters. The molecule has 0 saturated carbocycles. The molecule has 1 aliphatic rings. The van der Waals surface area contributed by atoms with E-state index in [4.69, 9.17) is 0 Å². The maximum atomic E-state index is 11.3. The highest BCUT2D eigenvalue weighted by atomic mass is 35.5. The predicted octanol–water partition coefficient (Wildman–Crippen LogP) is -0.0106. The Labute approximate surface area is 81.7 Å². The van der Waals surface area contributed by atoms with E-state index in [2.05, 4.69) is 20.8 Å². The number of H-pyrrole nitrogens is 1. The van der Waals surface area contributed by atoms with Crippen LogP contribution in [0.3, 0.4) is 0 Å². The molecule has 0 radical (unpaired) electrons. The van der Waals surface area contributed by atoms with Crippen LogP contribution in [0, 0.1) is 5.92 Å². The highest BCUT2D eigenvalue weighted by Gasteiger charge is 2.24. The van der Waals surface area contributed by atoms with E-state index in [1.807, 2.05) is 0 Å². The Kier molecular flexibility index (Phi) is 3.27. The zero-order valence-electron chi connectivity index (χ0n) is 6.91. The lowest BCUT2D eigenvalue weighted by Crippen LogP contribution is -2.48. The Morgan fingerprint density at radius 2 is 2.38 bits per heavy atom. The average Bonchev–Trinajstić information content (AvgIpc) is 2.34. The van der Waals surface area contributed by atoms with Gasteiger partial charge < -0.3 is 10.6 Å². The summed E-state index contributed by atoms with van der Waals surface area (Å²) in [5.41, 5.74) is 0. The molecule has 1 saturated heterocycles. The third-order valence-corrected chi connectivity index (χ3v) is 1.91. The summed E-state index contributed by atoms with van der Waals surface area (Å²) in [5, 5.41) is 12.2. The number of amides is 1. The normalized spacial score (nSPS) is 15.7. The van der Waals surface area contributed by atoms with Crippen LogP contribution in [-0.2, 0) is 4.79 Å². The highest BCUT2D eigenvalue weighted by molar-refractivity contribution is 5.92. The summed E-state index contributed by atoms with van der Waals surface area (Å²) < 4.78 is 0. The number of hydrogen-bond donors (Lipinski definition) is 3. The molecule has 5 nitrogen and oxygen atoms in total. The minimum absolute atomic E-state index is 0. The van der Waals surface area contributed by atoms with Gasteiger partial charge in [0.1, 0.15) is 5.82 Å². The molecule has 1 aromatic rings. The van der Waals surface area contributed by atoms with E-state index in [1.165, 1.54) is 0 Å². The van der Waals surface area contributed by atoms with Crippen molar-refractivity contribution < 1.29 is 4.79 Å². The number of carbonyl (C=O) groups is 1. The first-order valence-electron chi connectivity index (χ1n) is 3.87. The van der Waals surface area contributed by atoms with Crippen LogP contribution in [0.5, 0.6) is 0 Å². The molecule has 3 N–H and O–H groups in total. The number of anilines is 1. The van der Waals surface area contributed by atoms with Gasteiger partial charge in [-0.3, -0.25) is 9.89 Å². The van der Waals surface area contributed by atoms with Gasteiger partial charge in [-0.2, -0.15) is 5.10 Å². The first kappa shape index (κ1) is 10.0. The Morgan fingerprint density at radius 3 is 2.85 bits per heavy atom. The molecule has 13 heavy (non-hydrogen) atoms. The molecule has 1 aliphatic heterocycles. The number of aromatic amines is 1. The summed E-state index contributed by atoms with van der Waals surface area (Å²) >= 11 is 0. The Balaban J connectivity index is 0.000000845. The summed E-state index contributed by atoms with van der Waals surface area (Å²) in [4.78, 5) is 11.3. The van der Waals surface area contributed by atoms with Crippen molar-refractivity contribution in [3.63, 3.8) is 0 Å². The summed E-state index contributed by atoms with van der Waals surface area (Å²) in [7, 11) is 0. The zero-order valence-corrected chi connectivity index (χ0v) is 7.73. The molecule has 1 fully saturated rings. The number of halogens is 1. The molecule has 0 bridgehead atoms. The lowest BCUT2D eigenvalue weighted by atomic mass is 10.0. The van der Waals surface area contributed by atoms with Crippen molar-refractivity contribution >= 4 is 24.1 Å². The summed E-state index contributed by atoms with van der Waals surface area (Å²) in [6.07, 6.45) is 1.61. The van der Waals surface area contributed by atoms with Gasteiger partial charge in [-0.15, -0.1) is 12.4 Å². The molecule has 2 rings (SSSR count). The molecule has 0 aromatic carbocycles. The second kappa shape index (κ2) is 4.25. The maximum Gasteiger partial charge on any atom is 0.231 e. The lowest BCUT2D eigenvalue weighted by molar-refractivity contribution is -0.121. The van der Waals surface area contributed by atoms with Crippen LogP contribution in [0.4, 0.5) is 5.82 Å². The fourth-order valence-corrected chi connectivity index (χ4v) is 1.03. The summed E-state index contributed by atoms with van der Waals surface area (Å²) in [6.45, 7) is 1.56. The smallest absolute Gasteiger partial charge is 0.231 e. The number of nitrogens with zero attached hydrogens (tertiary/aromatic N) is 1. The molecule has 0 aliphatic carbocycles. The van der Waals surface area contributed by atoms with Crippen LogP contribution in [-0.4, -0.2) is 29.2 Å². The third-order valence-electron chi connectivity index (χ3n) is 1.91. The van der Waals surface area contributed by atoms with Gasteiger partial charge in [0.15, 0.2) is 0 Å². The van der Waals surface area contributed by atoms with Crippen LogP contribution in [0.25, 0.3) is 0 Å². The minimum atomic E-state index is 0. The van der Waals surface area contributed by atoms with Crippen molar-refractivity contribution in [1.82, 2.24) is 15.5 Å². The molecule has 72 valence electrons. The van der Waals surface area contributed by atoms with Gasteiger partial charge in [-0.25, -0.2) is 0 Å². The van der Waals surface area contributed by atoms with Crippen LogP contribution in [0.2, 0.25) is 0 Å². The number of nitrogens with one attached hydrogen (secondary N) is 3. The number of hydrogen-bond acceptors (Lipinski definition) is 3. The van der Waals surface area contributed by atoms with E-state index in [0.717, 1.165) is 13.1 Å². The second-order valence-electron chi connectivity index (χ2n) is 2.81. The van der Waals surface area contributed by atoms with Gasteiger partial charge in [0.2, 0.25) is 5.91 Å². The summed E-state index contributed by atoms with van der Waals surface area (Å²) in [5.74, 6) is 0.832. The van der Waals surface area contributed by atoms with Gasteiger partial charge in [0.05, 0.1) is 12.1 Å². The molecular formula is C7H11ClN4O. The fourth-order valence-electron chi connectivity index (χ4n) is 1.03. The first-order chi connectivity index (χ1) is 5.86. The summed E-state index contributed by atoms with van der Waals surface area (Å²) in [6, 6.07) is 1.73. The second-order valence-corrected chi connectivity index (χ2v) is 2.81. The Morgan fingerprint density at radius 1 is 1.62 bits per heavy atom. The van der Waals surface area contributed by atoms with Crippen molar-refractivity contribution in [2.75, 3.05) is 18.4 Å². The van der Waals surface area contributed by atoms with Crippen molar-refractivity contribution in [2.24, 2.45) is 5.92 Å². The third kappa shape index (κ3) is 2.19. The maximum absolute atomic E-state index is 11.3. The fraction of sp³-hybridized carbons (Fsp3) is 0.429.